The van der Waals surface area contributed by atoms with Gasteiger partial charge < -0.3 is 4.98 Å². The number of rotatable bonds is 2. The van der Waals surface area contributed by atoms with Crippen LogP contribution < -0.4 is 0 Å². The molecule has 0 spiro atoms. The topological polar surface area (TPSA) is 15.8 Å². The lowest BCUT2D eigenvalue weighted by Crippen LogP contribution is -2.35. The largest absolute Gasteiger partial charge is 0.358 e. The first-order valence-corrected chi connectivity index (χ1v) is 11.0. The molecule has 0 bridgehead atoms. The SMILES string of the molecule is Cc1ccc(C2(c3ccc(C)cc3)c3ccccc3Cc3[nH]c4ccccc4c32)cc1. The van der Waals surface area contributed by atoms with Gasteiger partial charge in [0.05, 0.1) is 5.41 Å². The third-order valence-corrected chi connectivity index (χ3v) is 6.92. The number of benzene rings is 4. The molecule has 1 aliphatic rings. The second kappa shape index (κ2) is 6.72. The van der Waals surface area contributed by atoms with E-state index in [1.807, 2.05) is 0 Å². The maximum absolute atomic E-state index is 3.77. The maximum atomic E-state index is 3.77. The Morgan fingerprint density at radius 2 is 1.23 bits per heavy atom. The summed E-state index contributed by atoms with van der Waals surface area (Å²) in [6.45, 7) is 4.32. The number of aromatic amines is 1. The Morgan fingerprint density at radius 3 is 1.90 bits per heavy atom. The van der Waals surface area contributed by atoms with Gasteiger partial charge in [0, 0.05) is 28.6 Å². The van der Waals surface area contributed by atoms with Crippen LogP contribution in [0.1, 0.15) is 44.6 Å². The van der Waals surface area contributed by atoms with E-state index >= 15 is 0 Å². The highest BCUT2D eigenvalue weighted by Gasteiger charge is 2.45. The standard InChI is InChI=1S/C30H25N/c1-20-11-15-23(16-12-20)30(24-17-13-21(2)14-18-24)26-9-5-3-7-22(26)19-28-29(30)25-8-4-6-10-27(25)31-28/h3-18,31H,19H2,1-2H3. The van der Waals surface area contributed by atoms with Gasteiger partial charge in [0.15, 0.2) is 0 Å². The molecular formula is C30H25N. The molecule has 1 aliphatic carbocycles. The van der Waals surface area contributed by atoms with Crippen LogP contribution in [-0.4, -0.2) is 4.98 Å². The third kappa shape index (κ3) is 2.56. The summed E-state index contributed by atoms with van der Waals surface area (Å²) in [6.07, 6.45) is 0.930. The van der Waals surface area contributed by atoms with Gasteiger partial charge in [-0.2, -0.15) is 0 Å². The monoisotopic (exact) mass is 399 g/mol. The predicted octanol–water partition coefficient (Wildman–Crippen LogP) is 7.07. The molecule has 1 heterocycles. The van der Waals surface area contributed by atoms with Crippen molar-refractivity contribution in [1.29, 1.82) is 0 Å². The highest BCUT2D eigenvalue weighted by molar-refractivity contribution is 5.90. The van der Waals surface area contributed by atoms with E-state index < -0.39 is 0 Å². The lowest BCUT2D eigenvalue weighted by atomic mass is 9.60. The van der Waals surface area contributed by atoms with Crippen LogP contribution in [0.5, 0.6) is 0 Å². The summed E-state index contributed by atoms with van der Waals surface area (Å²) in [7, 11) is 0. The van der Waals surface area contributed by atoms with E-state index in [-0.39, 0.29) is 5.41 Å². The second-order valence-corrected chi connectivity index (χ2v) is 8.84. The molecule has 31 heavy (non-hydrogen) atoms. The molecule has 4 aromatic carbocycles. The van der Waals surface area contributed by atoms with Crippen molar-refractivity contribution in [3.8, 4) is 0 Å². The summed E-state index contributed by atoms with van der Waals surface area (Å²) in [5.74, 6) is 0. The maximum Gasteiger partial charge on any atom is 0.0728 e. The molecule has 0 aliphatic heterocycles. The zero-order valence-corrected chi connectivity index (χ0v) is 17.9. The van der Waals surface area contributed by atoms with E-state index in [9.17, 15) is 0 Å². The first kappa shape index (κ1) is 18.2. The first-order chi connectivity index (χ1) is 15.2. The fraction of sp³-hybridized carbons (Fsp3) is 0.133. The summed E-state index contributed by atoms with van der Waals surface area (Å²) in [5.41, 5.74) is 11.6. The van der Waals surface area contributed by atoms with Crippen LogP contribution in [0.25, 0.3) is 10.9 Å². The van der Waals surface area contributed by atoms with Crippen molar-refractivity contribution < 1.29 is 0 Å². The van der Waals surface area contributed by atoms with Crippen molar-refractivity contribution in [2.45, 2.75) is 25.7 Å². The first-order valence-electron chi connectivity index (χ1n) is 11.0. The van der Waals surface area contributed by atoms with E-state index in [0.29, 0.717) is 0 Å². The molecule has 5 aromatic rings. The van der Waals surface area contributed by atoms with Crippen LogP contribution in [0, 0.1) is 13.8 Å². The minimum atomic E-state index is -0.356. The fourth-order valence-corrected chi connectivity index (χ4v) is 5.50. The summed E-state index contributed by atoms with van der Waals surface area (Å²) < 4.78 is 0. The molecule has 0 radical (unpaired) electrons. The minimum Gasteiger partial charge on any atom is -0.358 e. The fourth-order valence-electron chi connectivity index (χ4n) is 5.50. The van der Waals surface area contributed by atoms with Crippen LogP contribution >= 0.6 is 0 Å². The van der Waals surface area contributed by atoms with Crippen molar-refractivity contribution in [1.82, 2.24) is 4.98 Å². The van der Waals surface area contributed by atoms with Gasteiger partial charge in [-0.15, -0.1) is 0 Å². The highest BCUT2D eigenvalue weighted by Crippen LogP contribution is 2.53. The molecule has 6 rings (SSSR count). The average molecular weight is 400 g/mol. The molecule has 1 N–H and O–H groups in total. The van der Waals surface area contributed by atoms with Gasteiger partial charge in [-0.1, -0.05) is 102 Å². The van der Waals surface area contributed by atoms with Gasteiger partial charge in [0.25, 0.3) is 0 Å². The number of hydrogen-bond donors (Lipinski definition) is 1. The number of para-hydroxylation sites is 1. The quantitative estimate of drug-likeness (QED) is 0.320. The van der Waals surface area contributed by atoms with Gasteiger partial charge in [-0.05, 0) is 42.2 Å². The van der Waals surface area contributed by atoms with Crippen LogP contribution in [0.3, 0.4) is 0 Å². The molecule has 0 saturated heterocycles. The molecule has 0 atom stereocenters. The summed E-state index contributed by atoms with van der Waals surface area (Å²) in [4.78, 5) is 3.77. The summed E-state index contributed by atoms with van der Waals surface area (Å²) in [5, 5.41) is 1.31. The number of aryl methyl sites for hydroxylation is 2. The average Bonchev–Trinajstić information content (AvgIpc) is 3.17. The molecule has 150 valence electrons. The van der Waals surface area contributed by atoms with E-state index in [4.69, 9.17) is 0 Å². The molecular weight excluding hydrogens is 374 g/mol. The van der Waals surface area contributed by atoms with Crippen molar-refractivity contribution in [2.75, 3.05) is 0 Å². The smallest absolute Gasteiger partial charge is 0.0728 e. The van der Waals surface area contributed by atoms with Crippen LogP contribution in [0.15, 0.2) is 97.1 Å². The van der Waals surface area contributed by atoms with Crippen molar-refractivity contribution in [2.24, 2.45) is 0 Å². The second-order valence-electron chi connectivity index (χ2n) is 8.84. The number of fused-ring (bicyclic) bond motifs is 4. The van der Waals surface area contributed by atoms with Gasteiger partial charge in [-0.3, -0.25) is 0 Å². The van der Waals surface area contributed by atoms with Gasteiger partial charge in [-0.25, -0.2) is 0 Å². The third-order valence-electron chi connectivity index (χ3n) is 6.92. The molecule has 1 nitrogen and oxygen atoms in total. The van der Waals surface area contributed by atoms with E-state index in [0.717, 1.165) is 6.42 Å². The van der Waals surface area contributed by atoms with E-state index in [1.54, 1.807) is 0 Å². The van der Waals surface area contributed by atoms with Crippen molar-refractivity contribution in [3.05, 3.63) is 142 Å². The van der Waals surface area contributed by atoms with Gasteiger partial charge >= 0.3 is 0 Å². The zero-order chi connectivity index (χ0) is 21.0. The van der Waals surface area contributed by atoms with Crippen LogP contribution in [-0.2, 0) is 11.8 Å². The summed E-state index contributed by atoms with van der Waals surface area (Å²) in [6, 6.07) is 36.0. The lowest BCUT2D eigenvalue weighted by Gasteiger charge is -2.41. The lowest BCUT2D eigenvalue weighted by molar-refractivity contribution is 0.706. The molecule has 1 aromatic heterocycles. The van der Waals surface area contributed by atoms with Crippen LogP contribution in [0.2, 0.25) is 0 Å². The van der Waals surface area contributed by atoms with E-state index in [2.05, 4.69) is 116 Å². The molecule has 0 saturated carbocycles. The molecule has 0 unspecified atom stereocenters. The van der Waals surface area contributed by atoms with E-state index in [1.165, 1.54) is 55.5 Å². The van der Waals surface area contributed by atoms with Crippen LogP contribution in [0.4, 0.5) is 0 Å². The van der Waals surface area contributed by atoms with Gasteiger partial charge in [0.2, 0.25) is 0 Å². The Kier molecular flexibility index (Phi) is 3.94. The number of H-pyrrole nitrogens is 1. The Hall–Kier alpha value is -3.58. The number of nitrogens with one attached hydrogen (secondary N) is 1. The molecule has 0 fully saturated rings. The Morgan fingerprint density at radius 1 is 0.645 bits per heavy atom. The van der Waals surface area contributed by atoms with Gasteiger partial charge in [0.1, 0.15) is 0 Å². The molecule has 1 heteroatoms. The highest BCUT2D eigenvalue weighted by atomic mass is 14.7. The summed E-state index contributed by atoms with van der Waals surface area (Å²) >= 11 is 0. The molecule has 0 amide bonds. The predicted molar refractivity (Wildman–Crippen MR) is 129 cm³/mol. The Labute approximate surface area is 183 Å². The zero-order valence-electron chi connectivity index (χ0n) is 17.9. The number of hydrogen-bond acceptors (Lipinski definition) is 0. The van der Waals surface area contributed by atoms with Crippen molar-refractivity contribution in [3.63, 3.8) is 0 Å². The number of aromatic nitrogens is 1. The Bertz CT molecular complexity index is 1360. The van der Waals surface area contributed by atoms with Crippen molar-refractivity contribution >= 4 is 10.9 Å². The minimum absolute atomic E-state index is 0.356. The normalized spacial score (nSPS) is 14.3. The Balaban J connectivity index is 1.83.